The molecule has 0 heterocycles. The van der Waals surface area contributed by atoms with Crippen molar-refractivity contribution in [1.82, 2.24) is 5.32 Å². The van der Waals surface area contributed by atoms with Crippen LogP contribution in [0.5, 0.6) is 0 Å². The topological polar surface area (TPSA) is 32.3 Å². The Balaban J connectivity index is 2.48. The molecule has 0 amide bonds. The zero-order chi connectivity index (χ0) is 13.5. The molecule has 3 heteroatoms. The fourth-order valence-electron chi connectivity index (χ4n) is 1.72. The van der Waals surface area contributed by atoms with Crippen molar-refractivity contribution in [3.63, 3.8) is 0 Å². The molecule has 0 fully saturated rings. The number of hydrogen-bond donors (Lipinski definition) is 2. The van der Waals surface area contributed by atoms with Gasteiger partial charge < -0.3 is 10.4 Å². The van der Waals surface area contributed by atoms with Crippen molar-refractivity contribution < 1.29 is 5.11 Å². The summed E-state index contributed by atoms with van der Waals surface area (Å²) < 4.78 is 0. The molecule has 2 nitrogen and oxygen atoms in total. The zero-order valence-electron chi connectivity index (χ0n) is 11.8. The Hall–Kier alpha value is -0.510. The molecule has 0 aliphatic carbocycles. The Bertz CT molecular complexity index is 335. The van der Waals surface area contributed by atoms with Crippen LogP contribution in [0.15, 0.2) is 29.2 Å². The molecule has 0 aliphatic rings. The van der Waals surface area contributed by atoms with Gasteiger partial charge >= 0.3 is 0 Å². The summed E-state index contributed by atoms with van der Waals surface area (Å²) in [6.07, 6.45) is 0. The van der Waals surface area contributed by atoms with E-state index < -0.39 is 0 Å². The number of nitrogens with one attached hydrogen (secondary N) is 1. The summed E-state index contributed by atoms with van der Waals surface area (Å²) in [6, 6.07) is 8.84. The maximum atomic E-state index is 9.25. The van der Waals surface area contributed by atoms with E-state index >= 15 is 0 Å². The van der Waals surface area contributed by atoms with Crippen molar-refractivity contribution in [2.45, 2.75) is 50.4 Å². The van der Waals surface area contributed by atoms with Crippen molar-refractivity contribution in [1.29, 1.82) is 0 Å². The molecule has 1 rings (SSSR count). The van der Waals surface area contributed by atoms with Crippen LogP contribution < -0.4 is 5.32 Å². The highest BCUT2D eigenvalue weighted by Gasteiger charge is 2.10. The van der Waals surface area contributed by atoms with Crippen molar-refractivity contribution >= 4 is 11.8 Å². The summed E-state index contributed by atoms with van der Waals surface area (Å²) in [4.78, 5) is 1.32. The standard InChI is InChI=1S/C15H25NOS/c1-11(2)15(10-17)16-9-13-5-7-14(8-6-13)18-12(3)4/h5-8,11-12,15-17H,9-10H2,1-4H3. The molecule has 2 N–H and O–H groups in total. The van der Waals surface area contributed by atoms with Gasteiger partial charge in [0, 0.05) is 22.7 Å². The maximum absolute atomic E-state index is 9.25. The monoisotopic (exact) mass is 267 g/mol. The summed E-state index contributed by atoms with van der Waals surface area (Å²) in [5, 5.41) is 13.3. The molecule has 1 aromatic carbocycles. The minimum atomic E-state index is 0.176. The molecule has 0 saturated carbocycles. The molecule has 0 aromatic heterocycles. The van der Waals surface area contributed by atoms with Gasteiger partial charge in [-0.05, 0) is 23.6 Å². The molecule has 1 aromatic rings. The second-order valence-corrected chi connectivity index (χ2v) is 6.87. The third-order valence-electron chi connectivity index (χ3n) is 2.86. The number of benzene rings is 1. The van der Waals surface area contributed by atoms with Gasteiger partial charge in [-0.15, -0.1) is 11.8 Å². The highest BCUT2D eigenvalue weighted by molar-refractivity contribution is 7.99. The number of aliphatic hydroxyl groups excluding tert-OH is 1. The van der Waals surface area contributed by atoms with Crippen LogP contribution in [0.25, 0.3) is 0 Å². The van der Waals surface area contributed by atoms with Gasteiger partial charge in [0.2, 0.25) is 0 Å². The Kier molecular flexibility index (Phi) is 6.76. The average molecular weight is 267 g/mol. The molecule has 0 aliphatic heterocycles. The average Bonchev–Trinajstić information content (AvgIpc) is 2.31. The lowest BCUT2D eigenvalue weighted by atomic mass is 10.1. The van der Waals surface area contributed by atoms with Crippen LogP contribution >= 0.6 is 11.8 Å². The molecule has 1 atom stereocenters. The summed E-state index contributed by atoms with van der Waals surface area (Å²) in [5.41, 5.74) is 1.27. The molecule has 18 heavy (non-hydrogen) atoms. The molecule has 0 saturated heterocycles. The largest absolute Gasteiger partial charge is 0.395 e. The van der Waals surface area contributed by atoms with Gasteiger partial charge in [0.25, 0.3) is 0 Å². The van der Waals surface area contributed by atoms with Gasteiger partial charge in [0.1, 0.15) is 0 Å². The van der Waals surface area contributed by atoms with Crippen molar-refractivity contribution in [3.05, 3.63) is 29.8 Å². The van der Waals surface area contributed by atoms with E-state index in [2.05, 4.69) is 57.3 Å². The summed E-state index contributed by atoms with van der Waals surface area (Å²) in [5.74, 6) is 0.450. The van der Waals surface area contributed by atoms with Crippen LogP contribution in [0.1, 0.15) is 33.3 Å². The second-order valence-electron chi connectivity index (χ2n) is 5.22. The number of rotatable bonds is 7. The molecular formula is C15H25NOS. The minimum Gasteiger partial charge on any atom is -0.395 e. The van der Waals surface area contributed by atoms with Crippen LogP contribution in [-0.4, -0.2) is 23.0 Å². The quantitative estimate of drug-likeness (QED) is 0.744. The van der Waals surface area contributed by atoms with Crippen LogP contribution in [0.2, 0.25) is 0 Å². The Morgan fingerprint density at radius 2 is 1.72 bits per heavy atom. The fraction of sp³-hybridized carbons (Fsp3) is 0.600. The van der Waals surface area contributed by atoms with Crippen molar-refractivity contribution in [3.8, 4) is 0 Å². The number of thioether (sulfide) groups is 1. The smallest absolute Gasteiger partial charge is 0.0587 e. The maximum Gasteiger partial charge on any atom is 0.0587 e. The van der Waals surface area contributed by atoms with E-state index in [1.54, 1.807) is 0 Å². The summed E-state index contributed by atoms with van der Waals surface area (Å²) in [7, 11) is 0. The van der Waals surface area contributed by atoms with E-state index in [1.165, 1.54) is 10.5 Å². The molecule has 1 unspecified atom stereocenters. The first-order valence-corrected chi connectivity index (χ1v) is 7.50. The highest BCUT2D eigenvalue weighted by atomic mass is 32.2. The predicted octanol–water partition coefficient (Wildman–Crippen LogP) is 3.29. The molecule has 0 radical (unpaired) electrons. The summed E-state index contributed by atoms with van der Waals surface area (Å²) in [6.45, 7) is 9.66. The van der Waals surface area contributed by atoms with Crippen LogP contribution in [0, 0.1) is 5.92 Å². The first-order chi connectivity index (χ1) is 8.52. The minimum absolute atomic E-state index is 0.176. The van der Waals surface area contributed by atoms with Crippen molar-refractivity contribution in [2.24, 2.45) is 5.92 Å². The lowest BCUT2D eigenvalue weighted by molar-refractivity contribution is 0.210. The van der Waals surface area contributed by atoms with Gasteiger partial charge in [-0.2, -0.15) is 0 Å². The molecule has 0 spiro atoms. The first kappa shape index (κ1) is 15.5. The predicted molar refractivity (Wildman–Crippen MR) is 80.0 cm³/mol. The van der Waals surface area contributed by atoms with Gasteiger partial charge in [0.15, 0.2) is 0 Å². The van der Waals surface area contributed by atoms with Gasteiger partial charge in [-0.1, -0.05) is 39.8 Å². The van der Waals surface area contributed by atoms with Crippen LogP contribution in [0.3, 0.4) is 0 Å². The Labute approximate surface area is 115 Å². The van der Waals surface area contributed by atoms with E-state index in [4.69, 9.17) is 0 Å². The highest BCUT2D eigenvalue weighted by Crippen LogP contribution is 2.22. The van der Waals surface area contributed by atoms with Gasteiger partial charge in [-0.3, -0.25) is 0 Å². The third-order valence-corrected chi connectivity index (χ3v) is 3.88. The van der Waals surface area contributed by atoms with E-state index in [-0.39, 0.29) is 12.6 Å². The Morgan fingerprint density at radius 1 is 1.11 bits per heavy atom. The lowest BCUT2D eigenvalue weighted by Crippen LogP contribution is -2.36. The molecule has 102 valence electrons. The SMILES string of the molecule is CC(C)Sc1ccc(CNC(CO)C(C)C)cc1. The molecular weight excluding hydrogens is 242 g/mol. The van der Waals surface area contributed by atoms with Crippen LogP contribution in [0.4, 0.5) is 0 Å². The fourth-order valence-corrected chi connectivity index (χ4v) is 2.56. The number of aliphatic hydroxyl groups is 1. The first-order valence-electron chi connectivity index (χ1n) is 6.62. The van der Waals surface area contributed by atoms with Gasteiger partial charge in [0.05, 0.1) is 6.61 Å². The van der Waals surface area contributed by atoms with E-state index in [9.17, 15) is 5.11 Å². The Morgan fingerprint density at radius 3 is 2.17 bits per heavy atom. The zero-order valence-corrected chi connectivity index (χ0v) is 12.6. The third kappa shape index (κ3) is 5.42. The van der Waals surface area contributed by atoms with E-state index in [1.807, 2.05) is 11.8 Å². The van der Waals surface area contributed by atoms with Gasteiger partial charge in [-0.25, -0.2) is 0 Å². The van der Waals surface area contributed by atoms with Crippen molar-refractivity contribution in [2.75, 3.05) is 6.61 Å². The molecule has 0 bridgehead atoms. The summed E-state index contributed by atoms with van der Waals surface area (Å²) >= 11 is 1.88. The van der Waals surface area contributed by atoms with E-state index in [0.717, 1.165) is 6.54 Å². The number of hydrogen-bond acceptors (Lipinski definition) is 3. The lowest BCUT2D eigenvalue weighted by Gasteiger charge is -2.20. The normalized spacial score (nSPS) is 13.3. The second kappa shape index (κ2) is 7.82. The van der Waals surface area contributed by atoms with Crippen LogP contribution in [-0.2, 0) is 6.54 Å². The van der Waals surface area contributed by atoms with E-state index in [0.29, 0.717) is 11.2 Å².